The summed E-state index contributed by atoms with van der Waals surface area (Å²) in [6.45, 7) is 4.19. The smallest absolute Gasteiger partial charge is 0.162 e. The van der Waals surface area contributed by atoms with Crippen LogP contribution in [0.4, 0.5) is 11.4 Å². The van der Waals surface area contributed by atoms with Crippen molar-refractivity contribution in [3.63, 3.8) is 0 Å². The summed E-state index contributed by atoms with van der Waals surface area (Å²) in [7, 11) is 3.20. The third-order valence-corrected chi connectivity index (χ3v) is 4.54. The Balaban J connectivity index is 2.22. The second-order valence-corrected chi connectivity index (χ2v) is 5.83. The molecule has 2 rings (SSSR count). The average molecular weight is 307 g/mol. The summed E-state index contributed by atoms with van der Waals surface area (Å²) >= 11 is 1.71. The highest BCUT2D eigenvalue weighted by Gasteiger charge is 2.14. The monoisotopic (exact) mass is 307 g/mol. The molecule has 114 valence electrons. The Morgan fingerprint density at radius 2 is 1.95 bits per heavy atom. The van der Waals surface area contributed by atoms with Gasteiger partial charge in [-0.25, -0.2) is 4.98 Å². The number of aromatic nitrogens is 1. The van der Waals surface area contributed by atoms with E-state index in [0.717, 1.165) is 17.1 Å². The standard InChI is InChI=1S/C15H21N3O2S/c1-5-10-8-17-15(21-10)9(2)18-12-7-14(20-4)13(19-3)6-11(12)16/h6-9,18H,5,16H2,1-4H3. The van der Waals surface area contributed by atoms with Crippen LogP contribution < -0.4 is 20.5 Å². The van der Waals surface area contributed by atoms with Crippen LogP contribution in [0.1, 0.15) is 29.8 Å². The molecule has 0 spiro atoms. The van der Waals surface area contributed by atoms with Crippen LogP contribution in [0.15, 0.2) is 18.3 Å². The predicted molar refractivity (Wildman–Crippen MR) is 87.5 cm³/mol. The second kappa shape index (κ2) is 6.67. The Bertz CT molecular complexity index is 613. The van der Waals surface area contributed by atoms with Crippen LogP contribution in [-0.2, 0) is 6.42 Å². The normalized spacial score (nSPS) is 12.0. The number of rotatable bonds is 6. The molecule has 1 atom stereocenters. The molecule has 5 nitrogen and oxygen atoms in total. The van der Waals surface area contributed by atoms with Gasteiger partial charge in [0.05, 0.1) is 31.6 Å². The van der Waals surface area contributed by atoms with Gasteiger partial charge in [-0.2, -0.15) is 0 Å². The minimum atomic E-state index is 0.0794. The van der Waals surface area contributed by atoms with Crippen molar-refractivity contribution >= 4 is 22.7 Å². The van der Waals surface area contributed by atoms with Crippen molar-refractivity contribution in [2.24, 2.45) is 0 Å². The zero-order valence-electron chi connectivity index (χ0n) is 12.8. The molecule has 0 saturated carbocycles. The van der Waals surface area contributed by atoms with Gasteiger partial charge in [0, 0.05) is 23.2 Å². The number of nitrogens with zero attached hydrogens (tertiary/aromatic N) is 1. The summed E-state index contributed by atoms with van der Waals surface area (Å²) in [6, 6.07) is 3.68. The molecule has 1 heterocycles. The van der Waals surface area contributed by atoms with Crippen molar-refractivity contribution in [3.05, 3.63) is 28.2 Å². The predicted octanol–water partition coefficient (Wildman–Crippen LogP) is 3.48. The number of thiazole rings is 1. The van der Waals surface area contributed by atoms with E-state index in [0.29, 0.717) is 17.2 Å². The molecule has 0 fully saturated rings. The van der Waals surface area contributed by atoms with Gasteiger partial charge < -0.3 is 20.5 Å². The molecule has 1 unspecified atom stereocenters. The van der Waals surface area contributed by atoms with Crippen LogP contribution in [0.5, 0.6) is 11.5 Å². The van der Waals surface area contributed by atoms with Crippen LogP contribution in [0.2, 0.25) is 0 Å². The largest absolute Gasteiger partial charge is 0.493 e. The molecular weight excluding hydrogens is 286 g/mol. The zero-order chi connectivity index (χ0) is 15.4. The van der Waals surface area contributed by atoms with Crippen LogP contribution in [-0.4, -0.2) is 19.2 Å². The molecule has 21 heavy (non-hydrogen) atoms. The molecule has 0 aliphatic heterocycles. The molecule has 1 aromatic carbocycles. The summed E-state index contributed by atoms with van der Waals surface area (Å²) in [5.74, 6) is 1.27. The van der Waals surface area contributed by atoms with E-state index in [2.05, 4.69) is 24.1 Å². The van der Waals surface area contributed by atoms with E-state index < -0.39 is 0 Å². The topological polar surface area (TPSA) is 69.4 Å². The number of anilines is 2. The Morgan fingerprint density at radius 3 is 2.52 bits per heavy atom. The summed E-state index contributed by atoms with van der Waals surface area (Å²) in [5, 5.41) is 4.42. The first-order chi connectivity index (χ1) is 10.1. The highest BCUT2D eigenvalue weighted by atomic mass is 32.1. The Hall–Kier alpha value is -1.95. The van der Waals surface area contributed by atoms with Gasteiger partial charge in [0.15, 0.2) is 11.5 Å². The molecule has 0 aliphatic rings. The van der Waals surface area contributed by atoms with Crippen molar-refractivity contribution in [2.75, 3.05) is 25.3 Å². The van der Waals surface area contributed by atoms with Gasteiger partial charge in [-0.1, -0.05) is 6.92 Å². The van der Waals surface area contributed by atoms with Gasteiger partial charge in [-0.05, 0) is 13.3 Å². The van der Waals surface area contributed by atoms with E-state index in [4.69, 9.17) is 15.2 Å². The molecule has 0 radical (unpaired) electrons. The van der Waals surface area contributed by atoms with E-state index in [-0.39, 0.29) is 6.04 Å². The fraction of sp³-hybridized carbons (Fsp3) is 0.400. The lowest BCUT2D eigenvalue weighted by Gasteiger charge is -2.17. The van der Waals surface area contributed by atoms with Crippen molar-refractivity contribution in [3.8, 4) is 11.5 Å². The second-order valence-electron chi connectivity index (χ2n) is 4.68. The van der Waals surface area contributed by atoms with Gasteiger partial charge in [-0.15, -0.1) is 11.3 Å². The van der Waals surface area contributed by atoms with Gasteiger partial charge >= 0.3 is 0 Å². The zero-order valence-corrected chi connectivity index (χ0v) is 13.6. The molecule has 6 heteroatoms. The number of nitrogens with one attached hydrogen (secondary N) is 1. The van der Waals surface area contributed by atoms with E-state index in [1.54, 1.807) is 31.6 Å². The fourth-order valence-electron chi connectivity index (χ4n) is 2.00. The number of nitrogen functional groups attached to an aromatic ring is 1. The molecule has 2 aromatic rings. The third-order valence-electron chi connectivity index (χ3n) is 3.22. The summed E-state index contributed by atoms with van der Waals surface area (Å²) in [5.41, 5.74) is 7.49. The van der Waals surface area contributed by atoms with E-state index in [1.807, 2.05) is 12.3 Å². The van der Waals surface area contributed by atoms with Crippen LogP contribution in [0.25, 0.3) is 0 Å². The number of hydrogen-bond acceptors (Lipinski definition) is 6. The SMILES string of the molecule is CCc1cnc(C(C)Nc2cc(OC)c(OC)cc2N)s1. The number of ether oxygens (including phenoxy) is 2. The molecule has 3 N–H and O–H groups in total. The molecule has 0 aliphatic carbocycles. The Morgan fingerprint density at radius 1 is 1.29 bits per heavy atom. The number of aryl methyl sites for hydroxylation is 1. The van der Waals surface area contributed by atoms with Crippen molar-refractivity contribution in [2.45, 2.75) is 26.3 Å². The molecular formula is C15H21N3O2S. The first-order valence-electron chi connectivity index (χ1n) is 6.81. The van der Waals surface area contributed by atoms with Crippen LogP contribution in [0, 0.1) is 0 Å². The quantitative estimate of drug-likeness (QED) is 0.800. The summed E-state index contributed by atoms with van der Waals surface area (Å²) in [4.78, 5) is 5.73. The van der Waals surface area contributed by atoms with Crippen molar-refractivity contribution in [1.82, 2.24) is 4.98 Å². The number of benzene rings is 1. The first-order valence-corrected chi connectivity index (χ1v) is 7.63. The number of nitrogens with two attached hydrogens (primary N) is 1. The Kier molecular flexibility index (Phi) is 4.90. The van der Waals surface area contributed by atoms with Gasteiger partial charge in [0.1, 0.15) is 5.01 Å². The van der Waals surface area contributed by atoms with E-state index in [1.165, 1.54) is 4.88 Å². The van der Waals surface area contributed by atoms with E-state index >= 15 is 0 Å². The van der Waals surface area contributed by atoms with E-state index in [9.17, 15) is 0 Å². The minimum Gasteiger partial charge on any atom is -0.493 e. The van der Waals surface area contributed by atoms with Crippen LogP contribution in [0.3, 0.4) is 0 Å². The maximum Gasteiger partial charge on any atom is 0.162 e. The average Bonchev–Trinajstić information content (AvgIpc) is 2.97. The highest BCUT2D eigenvalue weighted by Crippen LogP contribution is 2.36. The molecule has 0 amide bonds. The minimum absolute atomic E-state index is 0.0794. The summed E-state index contributed by atoms with van der Waals surface area (Å²) < 4.78 is 10.5. The molecule has 1 aromatic heterocycles. The Labute approximate surface area is 129 Å². The maximum absolute atomic E-state index is 6.06. The van der Waals surface area contributed by atoms with Crippen LogP contribution >= 0.6 is 11.3 Å². The number of hydrogen-bond donors (Lipinski definition) is 2. The lowest BCUT2D eigenvalue weighted by atomic mass is 10.2. The highest BCUT2D eigenvalue weighted by molar-refractivity contribution is 7.11. The first kappa shape index (κ1) is 15.4. The summed E-state index contributed by atoms with van der Waals surface area (Å²) in [6.07, 6.45) is 2.93. The van der Waals surface area contributed by atoms with Gasteiger partial charge in [-0.3, -0.25) is 0 Å². The van der Waals surface area contributed by atoms with Crippen molar-refractivity contribution in [1.29, 1.82) is 0 Å². The maximum atomic E-state index is 6.06. The van der Waals surface area contributed by atoms with Crippen molar-refractivity contribution < 1.29 is 9.47 Å². The lowest BCUT2D eigenvalue weighted by Crippen LogP contribution is -2.08. The van der Waals surface area contributed by atoms with Gasteiger partial charge in [0.2, 0.25) is 0 Å². The third kappa shape index (κ3) is 3.39. The lowest BCUT2D eigenvalue weighted by molar-refractivity contribution is 0.355. The fourth-order valence-corrected chi connectivity index (χ4v) is 2.86. The molecule has 0 saturated heterocycles. The number of methoxy groups -OCH3 is 2. The van der Waals surface area contributed by atoms with Gasteiger partial charge in [0.25, 0.3) is 0 Å². The molecule has 0 bridgehead atoms.